The number of aromatic nitrogens is 4. The van der Waals surface area contributed by atoms with Gasteiger partial charge in [0.1, 0.15) is 5.69 Å². The summed E-state index contributed by atoms with van der Waals surface area (Å²) >= 11 is 0. The van der Waals surface area contributed by atoms with Crippen LogP contribution in [0.15, 0.2) is 84.9 Å². The van der Waals surface area contributed by atoms with Crippen molar-refractivity contribution in [2.45, 2.75) is 6.92 Å². The van der Waals surface area contributed by atoms with Gasteiger partial charge in [-0.25, -0.2) is 0 Å². The van der Waals surface area contributed by atoms with Gasteiger partial charge in [-0.3, -0.25) is 0 Å². The molecule has 0 N–H and O–H groups in total. The van der Waals surface area contributed by atoms with Gasteiger partial charge in [0.2, 0.25) is 0 Å². The van der Waals surface area contributed by atoms with E-state index >= 15 is 0 Å². The van der Waals surface area contributed by atoms with Crippen molar-refractivity contribution in [3.8, 4) is 22.5 Å². The molecule has 124 valence electrons. The van der Waals surface area contributed by atoms with Gasteiger partial charge in [0, 0.05) is 11.7 Å². The van der Waals surface area contributed by atoms with Crippen LogP contribution in [0.5, 0.6) is 0 Å². The van der Waals surface area contributed by atoms with Crippen LogP contribution in [0.3, 0.4) is 0 Å². The summed E-state index contributed by atoms with van der Waals surface area (Å²) in [4.78, 5) is 3.63. The molecule has 4 rings (SSSR count). The topological polar surface area (TPSA) is 34.6 Å². The maximum absolute atomic E-state index is 4.53. The zero-order chi connectivity index (χ0) is 16.4. The standard InChI is InChI=1S/C20H17N4.ClH/c1-16-21-23(19-10-6-3-7-11-19)24(22-16)20-14-12-18(13-15-20)17-8-4-2-5-9-17;/h2-15H,1H3;1H/q+1;/p-1. The molecule has 0 atom stereocenters. The van der Waals surface area contributed by atoms with E-state index in [0.717, 1.165) is 17.2 Å². The van der Waals surface area contributed by atoms with E-state index in [4.69, 9.17) is 0 Å². The van der Waals surface area contributed by atoms with E-state index in [1.165, 1.54) is 11.1 Å². The third-order valence-electron chi connectivity index (χ3n) is 3.85. The molecule has 1 heterocycles. The minimum atomic E-state index is 0. The van der Waals surface area contributed by atoms with Gasteiger partial charge < -0.3 is 12.4 Å². The lowest BCUT2D eigenvalue weighted by Crippen LogP contribution is -3.00. The average molecular weight is 349 g/mol. The molecule has 0 fully saturated rings. The monoisotopic (exact) mass is 348 g/mol. The molecule has 4 nitrogen and oxygen atoms in total. The van der Waals surface area contributed by atoms with E-state index in [1.807, 2.05) is 65.0 Å². The van der Waals surface area contributed by atoms with Crippen molar-refractivity contribution in [2.75, 3.05) is 0 Å². The quantitative estimate of drug-likeness (QED) is 0.506. The Labute approximate surface area is 152 Å². The lowest BCUT2D eigenvalue weighted by molar-refractivity contribution is -0.735. The Morgan fingerprint density at radius 1 is 0.720 bits per heavy atom. The number of aryl methyl sites for hydroxylation is 1. The van der Waals surface area contributed by atoms with Crippen molar-refractivity contribution in [3.63, 3.8) is 0 Å². The Bertz CT molecular complexity index is 948. The van der Waals surface area contributed by atoms with Crippen molar-refractivity contribution in [3.05, 3.63) is 90.8 Å². The van der Waals surface area contributed by atoms with Crippen molar-refractivity contribution in [1.82, 2.24) is 15.0 Å². The number of para-hydroxylation sites is 1. The van der Waals surface area contributed by atoms with Gasteiger partial charge in [0.25, 0.3) is 0 Å². The zero-order valence-corrected chi connectivity index (χ0v) is 14.5. The molecular formula is C20H17ClN4. The maximum Gasteiger partial charge on any atom is 0.306 e. The van der Waals surface area contributed by atoms with Crippen LogP contribution in [0.2, 0.25) is 0 Å². The highest BCUT2D eigenvalue weighted by Crippen LogP contribution is 2.20. The highest BCUT2D eigenvalue weighted by molar-refractivity contribution is 5.64. The van der Waals surface area contributed by atoms with E-state index in [2.05, 4.69) is 46.6 Å². The lowest BCUT2D eigenvalue weighted by Gasteiger charge is -2.03. The molecule has 0 radical (unpaired) electrons. The first kappa shape index (κ1) is 16.9. The van der Waals surface area contributed by atoms with Crippen LogP contribution in [0.1, 0.15) is 5.82 Å². The van der Waals surface area contributed by atoms with Crippen molar-refractivity contribution in [2.24, 2.45) is 0 Å². The average Bonchev–Trinajstić information content (AvgIpc) is 3.05. The Morgan fingerprint density at radius 3 is 1.92 bits per heavy atom. The molecule has 25 heavy (non-hydrogen) atoms. The second-order valence-corrected chi connectivity index (χ2v) is 5.57. The molecule has 0 bridgehead atoms. The largest absolute Gasteiger partial charge is 1.00 e. The van der Waals surface area contributed by atoms with Crippen LogP contribution < -0.4 is 17.2 Å². The number of tetrazole rings is 1. The first-order valence-corrected chi connectivity index (χ1v) is 7.89. The van der Waals surface area contributed by atoms with Crippen molar-refractivity contribution < 1.29 is 17.2 Å². The molecule has 0 aliphatic carbocycles. The van der Waals surface area contributed by atoms with Crippen molar-refractivity contribution in [1.29, 1.82) is 0 Å². The van der Waals surface area contributed by atoms with Crippen LogP contribution in [0.4, 0.5) is 0 Å². The Balaban J connectivity index is 0.00000182. The number of rotatable bonds is 3. The molecule has 0 spiro atoms. The van der Waals surface area contributed by atoms with E-state index < -0.39 is 0 Å². The number of nitrogens with zero attached hydrogens (tertiary/aromatic N) is 4. The molecule has 0 aliphatic heterocycles. The Hall–Kier alpha value is -2.98. The number of hydrogen-bond donors (Lipinski definition) is 0. The van der Waals surface area contributed by atoms with Gasteiger partial charge in [-0.15, -0.1) is 0 Å². The van der Waals surface area contributed by atoms with Gasteiger partial charge in [-0.1, -0.05) is 60.7 Å². The number of hydrogen-bond acceptors (Lipinski definition) is 2. The normalized spacial score (nSPS) is 10.3. The van der Waals surface area contributed by atoms with Gasteiger partial charge in [0.05, 0.1) is 5.10 Å². The second kappa shape index (κ2) is 7.28. The summed E-state index contributed by atoms with van der Waals surface area (Å²) in [6.07, 6.45) is 0. The minimum absolute atomic E-state index is 0. The molecule has 1 aromatic heterocycles. The first-order valence-electron chi connectivity index (χ1n) is 7.89. The molecule has 0 aliphatic rings. The second-order valence-electron chi connectivity index (χ2n) is 5.57. The lowest BCUT2D eigenvalue weighted by atomic mass is 10.1. The van der Waals surface area contributed by atoms with Gasteiger partial charge in [-0.2, -0.15) is 0 Å². The molecular weight excluding hydrogens is 332 g/mol. The van der Waals surface area contributed by atoms with Crippen molar-refractivity contribution >= 4 is 0 Å². The van der Waals surface area contributed by atoms with E-state index in [9.17, 15) is 0 Å². The van der Waals surface area contributed by atoms with Crippen LogP contribution in [0.25, 0.3) is 22.5 Å². The molecule has 5 heteroatoms. The van der Waals surface area contributed by atoms with Crippen LogP contribution >= 0.6 is 0 Å². The minimum Gasteiger partial charge on any atom is -1.00 e. The van der Waals surface area contributed by atoms with Crippen LogP contribution in [-0.2, 0) is 0 Å². The Kier molecular flexibility index (Phi) is 4.91. The third kappa shape index (κ3) is 3.44. The SMILES string of the molecule is Cc1nn(-c2ccc(-c3ccccc3)cc2)[n+](-c2ccccc2)n1.[Cl-]. The Morgan fingerprint density at radius 2 is 1.28 bits per heavy atom. The maximum atomic E-state index is 4.53. The number of benzene rings is 3. The fraction of sp³-hybridized carbons (Fsp3) is 0.0500. The summed E-state index contributed by atoms with van der Waals surface area (Å²) in [5, 5.41) is 9.03. The highest BCUT2D eigenvalue weighted by atomic mass is 35.5. The van der Waals surface area contributed by atoms with Gasteiger partial charge in [0.15, 0.2) is 5.69 Å². The summed E-state index contributed by atoms with van der Waals surface area (Å²) in [5.41, 5.74) is 4.33. The predicted octanol–water partition coefficient (Wildman–Crippen LogP) is 0.523. The third-order valence-corrected chi connectivity index (χ3v) is 3.85. The van der Waals surface area contributed by atoms with E-state index in [0.29, 0.717) is 0 Å². The summed E-state index contributed by atoms with van der Waals surface area (Å²) in [7, 11) is 0. The smallest absolute Gasteiger partial charge is 0.306 e. The molecule has 4 aromatic rings. The van der Waals surface area contributed by atoms with Gasteiger partial charge >= 0.3 is 5.82 Å². The molecule has 3 aromatic carbocycles. The fourth-order valence-corrected chi connectivity index (χ4v) is 2.69. The summed E-state index contributed by atoms with van der Waals surface area (Å²) < 4.78 is 0. The van der Waals surface area contributed by atoms with Gasteiger partial charge in [-0.05, 0) is 45.3 Å². The molecule has 0 saturated heterocycles. The van der Waals surface area contributed by atoms with Crippen LogP contribution in [0, 0.1) is 6.92 Å². The van der Waals surface area contributed by atoms with E-state index in [-0.39, 0.29) is 12.4 Å². The molecule has 0 unspecified atom stereocenters. The predicted molar refractivity (Wildman–Crippen MR) is 93.1 cm³/mol. The fourth-order valence-electron chi connectivity index (χ4n) is 2.69. The number of halogens is 1. The molecule has 0 saturated carbocycles. The summed E-state index contributed by atoms with van der Waals surface area (Å²) in [6.45, 7) is 1.90. The molecule has 0 amide bonds. The van der Waals surface area contributed by atoms with Crippen LogP contribution in [-0.4, -0.2) is 15.0 Å². The summed E-state index contributed by atoms with van der Waals surface area (Å²) in [6, 6.07) is 28.7. The first-order chi connectivity index (χ1) is 11.8. The summed E-state index contributed by atoms with van der Waals surface area (Å²) in [5.74, 6) is 0.728. The zero-order valence-electron chi connectivity index (χ0n) is 13.7. The highest BCUT2D eigenvalue weighted by Gasteiger charge is 2.19. The van der Waals surface area contributed by atoms with E-state index in [1.54, 1.807) is 0 Å².